The van der Waals surface area contributed by atoms with E-state index in [1.165, 1.54) is 4.90 Å². The van der Waals surface area contributed by atoms with E-state index in [4.69, 9.17) is 0 Å². The van der Waals surface area contributed by atoms with Crippen molar-refractivity contribution in [1.29, 1.82) is 0 Å². The average Bonchev–Trinajstić information content (AvgIpc) is 2.63. The zero-order chi connectivity index (χ0) is 16.6. The highest BCUT2D eigenvalue weighted by Crippen LogP contribution is 2.18. The van der Waals surface area contributed by atoms with Crippen molar-refractivity contribution in [3.05, 3.63) is 0 Å². The zero-order valence-electron chi connectivity index (χ0n) is 14.4. The monoisotopic (exact) mass is 299 g/mol. The summed E-state index contributed by atoms with van der Waals surface area (Å²) in [5.74, 6) is -0.0606. The quantitative estimate of drug-likeness (QED) is 0.532. The summed E-state index contributed by atoms with van der Waals surface area (Å²) in [6.45, 7) is 9.50. The van der Waals surface area contributed by atoms with Gasteiger partial charge in [-0.25, -0.2) is 0 Å². The molecule has 122 valence electrons. The number of carbonyl (C=O) groups excluding carboxylic acids is 3. The van der Waals surface area contributed by atoms with Gasteiger partial charge in [0.15, 0.2) is 0 Å². The van der Waals surface area contributed by atoms with Gasteiger partial charge in [0.25, 0.3) is 0 Å². The van der Waals surface area contributed by atoms with Crippen LogP contribution in [-0.2, 0) is 14.4 Å². The molecule has 1 atom stereocenters. The van der Waals surface area contributed by atoms with Gasteiger partial charge < -0.3 is 9.28 Å². The van der Waals surface area contributed by atoms with Crippen molar-refractivity contribution in [1.82, 2.24) is 4.90 Å². The van der Waals surface area contributed by atoms with E-state index >= 15 is 0 Å². The first-order valence-corrected chi connectivity index (χ1v) is 7.88. The minimum Gasteiger partial charge on any atom is -0.327 e. The minimum atomic E-state index is -0.166. The van der Waals surface area contributed by atoms with E-state index in [9.17, 15) is 14.4 Å². The summed E-state index contributed by atoms with van der Waals surface area (Å²) >= 11 is 0. The maximum atomic E-state index is 11.8. The van der Waals surface area contributed by atoms with E-state index in [1.54, 1.807) is 13.8 Å². The van der Waals surface area contributed by atoms with Crippen LogP contribution in [0.1, 0.15) is 47.0 Å². The van der Waals surface area contributed by atoms with Crippen molar-refractivity contribution in [2.45, 2.75) is 47.0 Å². The van der Waals surface area contributed by atoms with Crippen LogP contribution in [0.15, 0.2) is 0 Å². The Morgan fingerprint density at radius 2 is 1.81 bits per heavy atom. The number of likely N-dealkylation sites (tertiary alicyclic amines) is 1. The van der Waals surface area contributed by atoms with E-state index in [0.29, 0.717) is 19.4 Å². The van der Waals surface area contributed by atoms with E-state index in [0.717, 1.165) is 24.0 Å². The van der Waals surface area contributed by atoms with Gasteiger partial charge in [0.2, 0.25) is 11.8 Å². The molecule has 2 amide bonds. The zero-order valence-corrected chi connectivity index (χ0v) is 14.4. The average molecular weight is 299 g/mol. The van der Waals surface area contributed by atoms with Gasteiger partial charge in [0.05, 0.1) is 33.7 Å². The van der Waals surface area contributed by atoms with Gasteiger partial charge in [-0.05, 0) is 6.92 Å². The lowest BCUT2D eigenvalue weighted by molar-refractivity contribution is -0.889. The largest absolute Gasteiger partial charge is 0.327 e. The van der Waals surface area contributed by atoms with Crippen molar-refractivity contribution in [2.75, 3.05) is 33.7 Å². The summed E-state index contributed by atoms with van der Waals surface area (Å²) in [5, 5.41) is 0. The van der Waals surface area contributed by atoms with Crippen LogP contribution < -0.4 is 0 Å². The minimum absolute atomic E-state index is 0.0475. The molecule has 5 heteroatoms. The highest BCUT2D eigenvalue weighted by molar-refractivity contribution is 6.03. The predicted octanol–water partition coefficient (Wildman–Crippen LogP) is 1.85. The summed E-state index contributed by atoms with van der Waals surface area (Å²) < 4.78 is 0.721. The fraction of sp³-hybridized carbons (Fsp3) is 0.812. The molecule has 0 aromatic carbocycles. The van der Waals surface area contributed by atoms with E-state index in [1.807, 2.05) is 13.8 Å². The fourth-order valence-electron chi connectivity index (χ4n) is 2.32. The van der Waals surface area contributed by atoms with Gasteiger partial charge in [-0.15, -0.1) is 0 Å². The molecule has 1 aliphatic heterocycles. The van der Waals surface area contributed by atoms with Crippen LogP contribution in [0.5, 0.6) is 0 Å². The molecule has 1 rings (SSSR count). The lowest BCUT2D eigenvalue weighted by atomic mass is 10.1. The van der Waals surface area contributed by atoms with Crippen LogP contribution in [0.2, 0.25) is 0 Å². The van der Waals surface area contributed by atoms with Gasteiger partial charge in [-0.1, -0.05) is 20.8 Å². The summed E-state index contributed by atoms with van der Waals surface area (Å²) in [4.78, 5) is 35.8. The molecule has 1 aliphatic rings. The Kier molecular flexibility index (Phi) is 8.40. The molecular weight excluding hydrogens is 268 g/mol. The van der Waals surface area contributed by atoms with Crippen molar-refractivity contribution >= 4 is 17.6 Å². The molecule has 5 nitrogen and oxygen atoms in total. The molecule has 0 aromatic rings. The Morgan fingerprint density at radius 1 is 1.24 bits per heavy atom. The topological polar surface area (TPSA) is 54.5 Å². The Balaban J connectivity index is 0.00000191. The number of hydrogen-bond acceptors (Lipinski definition) is 3. The maximum Gasteiger partial charge on any atom is 0.232 e. The molecule has 0 N–H and O–H groups in total. The molecule has 0 aliphatic carbocycles. The molecule has 0 spiro atoms. The second-order valence-corrected chi connectivity index (χ2v) is 6.18. The molecule has 1 saturated heterocycles. The van der Waals surface area contributed by atoms with Crippen molar-refractivity contribution < 1.29 is 18.9 Å². The number of hydrogen-bond donors (Lipinski definition) is 0. The van der Waals surface area contributed by atoms with Crippen molar-refractivity contribution in [3.8, 4) is 0 Å². The highest BCUT2D eigenvalue weighted by atomic mass is 16.2. The van der Waals surface area contributed by atoms with Gasteiger partial charge >= 0.3 is 0 Å². The highest BCUT2D eigenvalue weighted by Gasteiger charge is 2.36. The van der Waals surface area contributed by atoms with Crippen molar-refractivity contribution in [2.24, 2.45) is 5.92 Å². The maximum absolute atomic E-state index is 11.8. The molecule has 0 bridgehead atoms. The first-order chi connectivity index (χ1) is 9.73. The van der Waals surface area contributed by atoms with Crippen LogP contribution in [0.4, 0.5) is 0 Å². The number of quaternary nitrogens is 1. The summed E-state index contributed by atoms with van der Waals surface area (Å²) in [6, 6.07) is 0. The van der Waals surface area contributed by atoms with E-state index < -0.39 is 0 Å². The van der Waals surface area contributed by atoms with Gasteiger partial charge in [0, 0.05) is 25.2 Å². The fourth-order valence-corrected chi connectivity index (χ4v) is 2.32. The number of likely N-dealkylation sites (N-methyl/N-ethyl adjacent to an activating group) is 1. The molecule has 0 radical (unpaired) electrons. The lowest BCUT2D eigenvalue weighted by Gasteiger charge is -2.31. The van der Waals surface area contributed by atoms with Crippen LogP contribution in [0.3, 0.4) is 0 Å². The van der Waals surface area contributed by atoms with Crippen LogP contribution >= 0.6 is 0 Å². The second-order valence-electron chi connectivity index (χ2n) is 6.18. The Morgan fingerprint density at radius 3 is 2.24 bits per heavy atom. The Labute approximate surface area is 128 Å². The molecule has 21 heavy (non-hydrogen) atoms. The number of rotatable bonds is 7. The Bertz CT molecular complexity index is 378. The number of Topliss-reactive ketones (excluding diaryl/α,β-unsaturated/α-hetero) is 1. The third kappa shape index (κ3) is 6.85. The molecule has 1 heterocycles. The summed E-state index contributed by atoms with van der Waals surface area (Å²) in [5.41, 5.74) is 0. The number of amides is 2. The van der Waals surface area contributed by atoms with Gasteiger partial charge in [-0.3, -0.25) is 14.5 Å². The van der Waals surface area contributed by atoms with Crippen LogP contribution in [-0.4, -0.2) is 60.7 Å². The third-order valence-corrected chi connectivity index (χ3v) is 3.69. The third-order valence-electron chi connectivity index (χ3n) is 3.69. The SMILES string of the molecule is CC.CC(=O)CCC[N+](C)(C)CCN1C(=O)CC(C)C1=O. The normalized spacial score (nSPS) is 18.6. The number of nitrogens with zero attached hydrogens (tertiary/aromatic N) is 2. The molecular formula is C16H31N2O3+. The number of carbonyl (C=O) groups is 3. The van der Waals surface area contributed by atoms with Crippen LogP contribution in [0.25, 0.3) is 0 Å². The molecule has 1 unspecified atom stereocenters. The first kappa shape index (κ1) is 19.8. The Hall–Kier alpha value is -1.23. The van der Waals surface area contributed by atoms with E-state index in [-0.39, 0.29) is 23.5 Å². The number of ketones is 1. The van der Waals surface area contributed by atoms with Crippen LogP contribution in [0, 0.1) is 5.92 Å². The summed E-state index contributed by atoms with van der Waals surface area (Å²) in [7, 11) is 4.13. The van der Waals surface area contributed by atoms with Crippen molar-refractivity contribution in [3.63, 3.8) is 0 Å². The number of imide groups is 1. The smallest absolute Gasteiger partial charge is 0.232 e. The lowest BCUT2D eigenvalue weighted by Crippen LogP contribution is -2.47. The second kappa shape index (κ2) is 8.93. The summed E-state index contributed by atoms with van der Waals surface area (Å²) in [6.07, 6.45) is 1.79. The van der Waals surface area contributed by atoms with E-state index in [2.05, 4.69) is 14.1 Å². The first-order valence-electron chi connectivity index (χ1n) is 7.88. The van der Waals surface area contributed by atoms with Gasteiger partial charge in [-0.2, -0.15) is 0 Å². The molecule has 0 aromatic heterocycles. The standard InChI is InChI=1S/C14H25N2O3.C2H6/c1-11-10-13(18)15(14(11)19)7-9-16(3,4)8-5-6-12(2)17;1-2/h11H,5-10H2,1-4H3;1-2H3/q+1;. The molecule has 0 saturated carbocycles. The molecule has 1 fully saturated rings. The predicted molar refractivity (Wildman–Crippen MR) is 83.6 cm³/mol. The van der Waals surface area contributed by atoms with Gasteiger partial charge in [0.1, 0.15) is 5.78 Å².